The molecule has 0 saturated carbocycles. The van der Waals surface area contributed by atoms with Crippen LogP contribution in [0.2, 0.25) is 0 Å². The van der Waals surface area contributed by atoms with Crippen molar-refractivity contribution in [1.82, 2.24) is 83.9 Å². The maximum Gasteiger partial charge on any atom is 0.236 e. The summed E-state index contributed by atoms with van der Waals surface area (Å²) in [4.78, 5) is 127. The van der Waals surface area contributed by atoms with Gasteiger partial charge in [-0.25, -0.2) is 74.8 Å². The van der Waals surface area contributed by atoms with Crippen molar-refractivity contribution in [2.45, 2.75) is 171 Å². The van der Waals surface area contributed by atoms with Crippen LogP contribution in [0.1, 0.15) is 161 Å². The number of imidazole rings is 2. The fourth-order valence-electron chi connectivity index (χ4n) is 14.6. The van der Waals surface area contributed by atoms with Crippen LogP contribution in [0.4, 0.5) is 29.1 Å². The van der Waals surface area contributed by atoms with Crippen molar-refractivity contribution in [3.63, 3.8) is 0 Å². The Bertz CT molecular complexity index is 4960. The smallest absolute Gasteiger partial charge is 0.236 e. The zero-order chi connectivity index (χ0) is 75.7. The van der Waals surface area contributed by atoms with Gasteiger partial charge in [-0.1, -0.05) is 67.5 Å². The van der Waals surface area contributed by atoms with Gasteiger partial charge in [-0.3, -0.25) is 24.0 Å². The predicted octanol–water partition coefficient (Wildman–Crippen LogP) is 13.7. The maximum atomic E-state index is 12.8. The topological polar surface area (TPSA) is 349 Å². The van der Waals surface area contributed by atoms with E-state index in [1.54, 1.807) is 68.4 Å². The molecule has 0 radical (unpaired) electrons. The zero-order valence-electron chi connectivity index (χ0n) is 62.3. The van der Waals surface area contributed by atoms with Gasteiger partial charge >= 0.3 is 0 Å². The largest absolute Gasteiger partial charge is 0.310 e. The van der Waals surface area contributed by atoms with Crippen LogP contribution in [0, 0.1) is 37.5 Å². The first kappa shape index (κ1) is 74.6. The number of aromatic nitrogens is 17. The van der Waals surface area contributed by atoms with Crippen LogP contribution in [0.3, 0.4) is 0 Å². The first-order valence-electron chi connectivity index (χ1n) is 35.7. The molecule has 0 aromatic carbocycles. The van der Waals surface area contributed by atoms with E-state index in [1.807, 2.05) is 100 Å². The van der Waals surface area contributed by atoms with Gasteiger partial charge in [-0.2, -0.15) is 0 Å². The van der Waals surface area contributed by atoms with Crippen molar-refractivity contribution in [2.24, 2.45) is 23.7 Å². The van der Waals surface area contributed by atoms with Gasteiger partial charge in [0.15, 0.2) is 11.3 Å². The van der Waals surface area contributed by atoms with Crippen LogP contribution in [0.25, 0.3) is 67.6 Å². The van der Waals surface area contributed by atoms with Crippen LogP contribution < -0.4 is 26.6 Å². The Morgan fingerprint density at radius 1 is 0.472 bits per heavy atom. The molecule has 0 spiro atoms. The molecular formula is C78H87BrN22O5. The molecular weight excluding hydrogens is 1400 g/mol. The second-order valence-electron chi connectivity index (χ2n) is 29.5. The van der Waals surface area contributed by atoms with E-state index in [0.29, 0.717) is 101 Å². The average Bonchev–Trinajstić information content (AvgIpc) is 1.58. The Morgan fingerprint density at radius 2 is 0.887 bits per heavy atom. The predicted molar refractivity (Wildman–Crippen MR) is 410 cm³/mol. The van der Waals surface area contributed by atoms with Gasteiger partial charge in [-0.15, -0.1) is 0 Å². The van der Waals surface area contributed by atoms with Crippen molar-refractivity contribution >= 4 is 96.9 Å². The number of halogens is 1. The SMILES string of the molecule is CC(C)CC1(C)C(=O)Nc2ncc(Br)cc21.CC(C)CC1C(=O)Nc2ncccc21.CCn1c(-c2cnc(C)nc2)nc2c(-c3cnc4c(c3)C(C)(CC(C)C)C(=O)N4)ncnc21.CCn1c(-c2cnc(C)nc2)nc2c(-c3cnc4c(c3)C(C)(CC(C)C)C(=O)N4)ncnc21.O=C1Cc2cccnc2N1. The van der Waals surface area contributed by atoms with Gasteiger partial charge in [0.05, 0.1) is 39.7 Å². The van der Waals surface area contributed by atoms with E-state index in [2.05, 4.69) is 163 Å². The summed E-state index contributed by atoms with van der Waals surface area (Å²) >= 11 is 3.40. The molecule has 5 aliphatic heterocycles. The number of rotatable bonds is 14. The summed E-state index contributed by atoms with van der Waals surface area (Å²) in [5, 5.41) is 14.2. The lowest BCUT2D eigenvalue weighted by Crippen LogP contribution is -2.32. The van der Waals surface area contributed by atoms with Crippen LogP contribution in [-0.4, -0.2) is 113 Å². The van der Waals surface area contributed by atoms with Gasteiger partial charge < -0.3 is 35.7 Å². The number of nitrogens with one attached hydrogen (secondary N) is 5. The Balaban J connectivity index is 0.000000133. The molecule has 0 bridgehead atoms. The first-order chi connectivity index (χ1) is 50.6. The standard InChI is InChI=1S/2C24H26N8O.C12H15BrN2O.C11H14N2O.C7H6N2O/c2*1-6-32-21(16-10-25-14(4)26-11-16)30-19-18(28-12-29-22(19)32)15-7-17-20(27-9-15)31-23(33)24(17,5)8-13(2)3;1-7(2)5-12(3)9-4-8(13)6-14-10(9)15-11(12)16;1-7(2)6-9-8-4-3-5-12-10(8)13-11(9)14;10-6-4-5-2-1-3-8-7(5)9-6/h2*7,9-13H,6,8H2,1-5H3,(H,27,31,33);4,6-7H,5H2,1-3H3,(H,14,15,16);3-5,7,9H,6H2,1-2H3,(H,12,13,14);1-3H,4H2,(H,8,9,10). The molecule has 0 fully saturated rings. The molecule has 5 aliphatic rings. The molecule has 106 heavy (non-hydrogen) atoms. The number of carbonyl (C=O) groups is 5. The third kappa shape index (κ3) is 15.0. The zero-order valence-corrected chi connectivity index (χ0v) is 63.8. The number of carbonyl (C=O) groups excluding carboxylic acids is 5. The Hall–Kier alpha value is -11.2. The monoisotopic (exact) mass is 1490 g/mol. The van der Waals surface area contributed by atoms with Gasteiger partial charge in [0.1, 0.15) is 87.5 Å². The van der Waals surface area contributed by atoms with E-state index in [0.717, 1.165) is 109 Å². The minimum Gasteiger partial charge on any atom is -0.310 e. The Kier molecular flexibility index (Phi) is 21.5. The fraction of sp³-hybridized carbons (Fsp3) is 0.385. The van der Waals surface area contributed by atoms with Crippen LogP contribution >= 0.6 is 15.9 Å². The van der Waals surface area contributed by atoms with Gasteiger partial charge in [0, 0.05) is 112 Å². The number of nitrogens with zero attached hydrogens (tertiary/aromatic N) is 17. The van der Waals surface area contributed by atoms with Crippen molar-refractivity contribution in [3.8, 4) is 45.3 Å². The molecule has 11 aromatic rings. The second kappa shape index (κ2) is 30.5. The van der Waals surface area contributed by atoms with Crippen LogP contribution in [-0.2, 0) is 59.7 Å². The average molecular weight is 1490 g/mol. The lowest BCUT2D eigenvalue weighted by atomic mass is 9.77. The highest BCUT2D eigenvalue weighted by atomic mass is 79.9. The highest BCUT2D eigenvalue weighted by Gasteiger charge is 2.47. The molecule has 0 saturated heterocycles. The van der Waals surface area contributed by atoms with E-state index in [9.17, 15) is 24.0 Å². The minimum atomic E-state index is -0.633. The minimum absolute atomic E-state index is 0.00120. The molecule has 546 valence electrons. The van der Waals surface area contributed by atoms with Crippen molar-refractivity contribution in [2.75, 3.05) is 26.6 Å². The molecule has 27 nitrogen and oxygen atoms in total. The van der Waals surface area contributed by atoms with Crippen molar-refractivity contribution in [1.29, 1.82) is 0 Å². The molecule has 0 aliphatic carbocycles. The molecule has 4 atom stereocenters. The molecule has 5 N–H and O–H groups in total. The highest BCUT2D eigenvalue weighted by molar-refractivity contribution is 9.10. The molecule has 5 amide bonds. The van der Waals surface area contributed by atoms with Gasteiger partial charge in [-0.05, 0) is 144 Å². The number of anilines is 5. The fourth-order valence-corrected chi connectivity index (χ4v) is 14.9. The third-order valence-corrected chi connectivity index (χ3v) is 19.8. The third-order valence-electron chi connectivity index (χ3n) is 19.4. The van der Waals surface area contributed by atoms with E-state index in [-0.39, 0.29) is 35.5 Å². The number of pyridine rings is 5. The normalized spacial score (nSPS) is 18.5. The van der Waals surface area contributed by atoms with Crippen molar-refractivity contribution in [3.05, 3.63) is 155 Å². The van der Waals surface area contributed by atoms with E-state index >= 15 is 0 Å². The summed E-state index contributed by atoms with van der Waals surface area (Å²) in [7, 11) is 0. The van der Waals surface area contributed by atoms with Crippen LogP contribution in [0.5, 0.6) is 0 Å². The number of hydrogen-bond donors (Lipinski definition) is 5. The molecule has 28 heteroatoms. The maximum absolute atomic E-state index is 12.8. The van der Waals surface area contributed by atoms with Crippen LogP contribution in [0.15, 0.2) is 115 Å². The second-order valence-corrected chi connectivity index (χ2v) is 30.4. The summed E-state index contributed by atoms with van der Waals surface area (Å²) in [6.07, 6.45) is 22.4. The summed E-state index contributed by atoms with van der Waals surface area (Å²) in [5.41, 5.74) is 10.6. The summed E-state index contributed by atoms with van der Waals surface area (Å²) < 4.78 is 4.98. The number of hydrogen-bond acceptors (Lipinski definition) is 20. The molecule has 16 heterocycles. The molecule has 11 aromatic heterocycles. The molecule has 16 rings (SSSR count). The van der Waals surface area contributed by atoms with Gasteiger partial charge in [0.25, 0.3) is 0 Å². The lowest BCUT2D eigenvalue weighted by molar-refractivity contribution is -0.121. The number of fused-ring (bicyclic) bond motifs is 7. The summed E-state index contributed by atoms with van der Waals surface area (Å²) in [6, 6.07) is 13.6. The highest BCUT2D eigenvalue weighted by Crippen LogP contribution is 2.46. The quantitative estimate of drug-likeness (QED) is 0.0675. The summed E-state index contributed by atoms with van der Waals surface area (Å²) in [6.45, 7) is 32.1. The number of aryl methyl sites for hydroxylation is 4. The lowest BCUT2D eigenvalue weighted by Gasteiger charge is -2.24. The van der Waals surface area contributed by atoms with E-state index in [1.165, 1.54) is 0 Å². The summed E-state index contributed by atoms with van der Waals surface area (Å²) in [5.74, 6) is 8.16. The number of amides is 5. The Morgan fingerprint density at radius 3 is 1.31 bits per heavy atom. The van der Waals surface area contributed by atoms with E-state index < -0.39 is 16.2 Å². The van der Waals surface area contributed by atoms with Crippen molar-refractivity contribution < 1.29 is 24.0 Å². The molecule has 4 unspecified atom stereocenters. The first-order valence-corrected chi connectivity index (χ1v) is 36.5. The Labute approximate surface area is 623 Å². The van der Waals surface area contributed by atoms with E-state index in [4.69, 9.17) is 9.97 Å². The van der Waals surface area contributed by atoms with Gasteiger partial charge in [0.2, 0.25) is 29.5 Å².